The van der Waals surface area contributed by atoms with E-state index in [4.69, 9.17) is 5.11 Å². The Bertz CT molecular complexity index is 583. The zero-order valence-corrected chi connectivity index (χ0v) is 12.1. The van der Waals surface area contributed by atoms with E-state index in [1.165, 1.54) is 0 Å². The summed E-state index contributed by atoms with van der Waals surface area (Å²) in [6.45, 7) is 0.133. The monoisotopic (exact) mass is 321 g/mol. The summed E-state index contributed by atoms with van der Waals surface area (Å²) in [5.41, 5.74) is 0.827. The molecule has 0 aliphatic carbocycles. The fraction of sp³-hybridized carbons (Fsp3) is 0.267. The summed E-state index contributed by atoms with van der Waals surface area (Å²) in [5, 5.41) is 13.7. The lowest BCUT2D eigenvalue weighted by Gasteiger charge is -2.09. The molecule has 2 rings (SSSR count). The molecular weight excluding hydrogens is 306 g/mol. The zero-order valence-electron chi connectivity index (χ0n) is 10.5. The highest BCUT2D eigenvalue weighted by Gasteiger charge is 2.07. The second-order valence-electron chi connectivity index (χ2n) is 4.37. The minimum atomic E-state index is -0.0130. The van der Waals surface area contributed by atoms with Crippen LogP contribution in [0.15, 0.2) is 40.9 Å². The molecule has 0 aliphatic rings. The van der Waals surface area contributed by atoms with Crippen molar-refractivity contribution in [1.29, 1.82) is 0 Å². The number of carbonyl (C=O) groups excluding carboxylic acids is 1. The number of carbonyl (C=O) groups is 1. The number of aliphatic hydroxyl groups excluding tert-OH is 1. The van der Waals surface area contributed by atoms with Crippen LogP contribution < -0.4 is 5.32 Å². The van der Waals surface area contributed by atoms with Crippen LogP contribution in [0.3, 0.4) is 0 Å². The summed E-state index contributed by atoms with van der Waals surface area (Å²) in [5.74, 6) is -0.0130. The summed E-state index contributed by atoms with van der Waals surface area (Å²) >= 11 is 3.51. The third-order valence-corrected chi connectivity index (χ3v) is 3.65. The highest BCUT2D eigenvalue weighted by atomic mass is 79.9. The molecule has 0 aromatic heterocycles. The van der Waals surface area contributed by atoms with E-state index in [1.54, 1.807) is 0 Å². The fourth-order valence-electron chi connectivity index (χ4n) is 1.98. The van der Waals surface area contributed by atoms with Crippen LogP contribution in [0, 0.1) is 0 Å². The maximum absolute atomic E-state index is 11.8. The lowest BCUT2D eigenvalue weighted by molar-refractivity contribution is -0.116. The average Bonchev–Trinajstić information content (AvgIpc) is 2.43. The van der Waals surface area contributed by atoms with E-state index in [-0.39, 0.29) is 12.5 Å². The van der Waals surface area contributed by atoms with E-state index in [1.807, 2.05) is 36.4 Å². The Balaban J connectivity index is 2.17. The number of halogens is 1. The van der Waals surface area contributed by atoms with E-state index in [0.717, 1.165) is 20.9 Å². The van der Waals surface area contributed by atoms with Gasteiger partial charge in [-0.2, -0.15) is 0 Å². The number of anilines is 1. The van der Waals surface area contributed by atoms with E-state index in [9.17, 15) is 4.79 Å². The molecule has 100 valence electrons. The molecule has 2 aromatic carbocycles. The van der Waals surface area contributed by atoms with E-state index in [2.05, 4.69) is 21.2 Å². The quantitative estimate of drug-likeness (QED) is 0.825. The summed E-state index contributed by atoms with van der Waals surface area (Å²) in [6.07, 6.45) is 1.80. The van der Waals surface area contributed by atoms with E-state index >= 15 is 0 Å². The number of benzene rings is 2. The first-order valence-electron chi connectivity index (χ1n) is 6.30. The first kappa shape index (κ1) is 14.0. The molecule has 0 fully saturated rings. The summed E-state index contributed by atoms with van der Waals surface area (Å²) in [4.78, 5) is 11.8. The van der Waals surface area contributed by atoms with Crippen LogP contribution in [-0.2, 0) is 4.79 Å². The van der Waals surface area contributed by atoms with E-state index < -0.39 is 0 Å². The van der Waals surface area contributed by atoms with Crippen molar-refractivity contribution in [1.82, 2.24) is 0 Å². The van der Waals surface area contributed by atoms with Crippen molar-refractivity contribution in [3.63, 3.8) is 0 Å². The van der Waals surface area contributed by atoms with Crippen molar-refractivity contribution in [3.05, 3.63) is 40.9 Å². The van der Waals surface area contributed by atoms with Crippen LogP contribution in [0.4, 0.5) is 5.69 Å². The SMILES string of the molecule is O=C(CCCCO)Nc1ccc(Br)c2ccccc12. The highest BCUT2D eigenvalue weighted by Crippen LogP contribution is 2.30. The lowest BCUT2D eigenvalue weighted by Crippen LogP contribution is -2.11. The predicted molar refractivity (Wildman–Crippen MR) is 81.2 cm³/mol. The van der Waals surface area contributed by atoms with Gasteiger partial charge in [0.15, 0.2) is 0 Å². The van der Waals surface area contributed by atoms with Crippen LogP contribution in [0.2, 0.25) is 0 Å². The molecule has 2 N–H and O–H groups in total. The normalized spacial score (nSPS) is 10.6. The average molecular weight is 322 g/mol. The van der Waals surface area contributed by atoms with Gasteiger partial charge in [0.1, 0.15) is 0 Å². The Morgan fingerprint density at radius 1 is 1.11 bits per heavy atom. The Morgan fingerprint density at radius 3 is 2.58 bits per heavy atom. The Hall–Kier alpha value is -1.39. The molecule has 3 nitrogen and oxygen atoms in total. The number of nitrogens with one attached hydrogen (secondary N) is 1. The van der Waals surface area contributed by atoms with Gasteiger partial charge in [0, 0.05) is 28.6 Å². The molecule has 0 atom stereocenters. The third kappa shape index (κ3) is 3.55. The topological polar surface area (TPSA) is 49.3 Å². The number of unbranched alkanes of at least 4 members (excludes halogenated alkanes) is 1. The van der Waals surface area contributed by atoms with Crippen LogP contribution in [0.1, 0.15) is 19.3 Å². The van der Waals surface area contributed by atoms with Crippen molar-refractivity contribution < 1.29 is 9.90 Å². The second kappa shape index (κ2) is 6.68. The fourth-order valence-corrected chi connectivity index (χ4v) is 2.46. The van der Waals surface area contributed by atoms with Crippen LogP contribution in [0.5, 0.6) is 0 Å². The lowest BCUT2D eigenvalue weighted by atomic mass is 10.1. The smallest absolute Gasteiger partial charge is 0.224 e. The van der Waals surface area contributed by atoms with Gasteiger partial charge < -0.3 is 10.4 Å². The number of rotatable bonds is 5. The standard InChI is InChI=1S/C15H16BrNO2/c16-13-8-9-14(12-6-2-1-5-11(12)13)17-15(19)7-3-4-10-18/h1-2,5-6,8-9,18H,3-4,7,10H2,(H,17,19). The Kier molecular flexibility index (Phi) is 4.93. The van der Waals surface area contributed by atoms with Gasteiger partial charge in [-0.25, -0.2) is 0 Å². The van der Waals surface area contributed by atoms with Gasteiger partial charge in [-0.3, -0.25) is 4.79 Å². The second-order valence-corrected chi connectivity index (χ2v) is 5.22. The van der Waals surface area contributed by atoms with Gasteiger partial charge in [0.05, 0.1) is 0 Å². The van der Waals surface area contributed by atoms with Crippen LogP contribution in [-0.4, -0.2) is 17.6 Å². The van der Waals surface area contributed by atoms with Gasteiger partial charge in [0.2, 0.25) is 5.91 Å². The van der Waals surface area contributed by atoms with Crippen molar-refractivity contribution in [2.45, 2.75) is 19.3 Å². The number of aliphatic hydroxyl groups is 1. The molecule has 0 bridgehead atoms. The van der Waals surface area contributed by atoms with E-state index in [0.29, 0.717) is 19.3 Å². The van der Waals surface area contributed by atoms with Gasteiger partial charge in [0.25, 0.3) is 0 Å². The van der Waals surface area contributed by atoms with Gasteiger partial charge in [-0.15, -0.1) is 0 Å². The molecule has 4 heteroatoms. The Morgan fingerprint density at radius 2 is 1.84 bits per heavy atom. The predicted octanol–water partition coefficient (Wildman–Crippen LogP) is 3.70. The molecule has 0 unspecified atom stereocenters. The summed E-state index contributed by atoms with van der Waals surface area (Å²) in [7, 11) is 0. The largest absolute Gasteiger partial charge is 0.396 e. The molecule has 19 heavy (non-hydrogen) atoms. The first-order chi connectivity index (χ1) is 9.22. The van der Waals surface area contributed by atoms with Crippen molar-refractivity contribution >= 4 is 38.3 Å². The van der Waals surface area contributed by atoms with Gasteiger partial charge >= 0.3 is 0 Å². The molecular formula is C15H16BrNO2. The molecule has 2 aromatic rings. The molecule has 0 saturated carbocycles. The van der Waals surface area contributed by atoms with Crippen molar-refractivity contribution in [2.24, 2.45) is 0 Å². The molecule has 1 amide bonds. The van der Waals surface area contributed by atoms with Crippen LogP contribution in [0.25, 0.3) is 10.8 Å². The minimum absolute atomic E-state index is 0.0130. The maximum atomic E-state index is 11.8. The van der Waals surface area contributed by atoms with Gasteiger partial charge in [-0.1, -0.05) is 40.2 Å². The molecule has 0 spiro atoms. The number of fused-ring (bicyclic) bond motifs is 1. The number of hydrogen-bond donors (Lipinski definition) is 2. The minimum Gasteiger partial charge on any atom is -0.396 e. The maximum Gasteiger partial charge on any atom is 0.224 e. The Labute approximate surface area is 120 Å². The molecule has 0 radical (unpaired) electrons. The number of hydrogen-bond acceptors (Lipinski definition) is 2. The number of amides is 1. The zero-order chi connectivity index (χ0) is 13.7. The molecule has 0 saturated heterocycles. The molecule has 0 aliphatic heterocycles. The summed E-state index contributed by atoms with van der Waals surface area (Å²) in [6, 6.07) is 11.8. The summed E-state index contributed by atoms with van der Waals surface area (Å²) < 4.78 is 1.02. The van der Waals surface area contributed by atoms with Crippen molar-refractivity contribution in [2.75, 3.05) is 11.9 Å². The van der Waals surface area contributed by atoms with Crippen molar-refractivity contribution in [3.8, 4) is 0 Å². The third-order valence-electron chi connectivity index (χ3n) is 2.96. The first-order valence-corrected chi connectivity index (χ1v) is 7.09. The van der Waals surface area contributed by atoms with Gasteiger partial charge in [-0.05, 0) is 30.4 Å². The highest BCUT2D eigenvalue weighted by molar-refractivity contribution is 9.10. The van der Waals surface area contributed by atoms with Crippen LogP contribution >= 0.6 is 15.9 Å². The molecule has 0 heterocycles.